The van der Waals surface area contributed by atoms with Crippen molar-refractivity contribution < 1.29 is 5.11 Å². The molecule has 0 heterocycles. The average Bonchev–Trinajstić information content (AvgIpc) is 2.18. The maximum absolute atomic E-state index is 9.63. The van der Waals surface area contributed by atoms with E-state index in [1.165, 1.54) is 25.7 Å². The fourth-order valence-corrected chi connectivity index (χ4v) is 1.85. The predicted octanol–water partition coefficient (Wildman–Crippen LogP) is 2.50. The molecule has 0 aromatic carbocycles. The zero-order chi connectivity index (χ0) is 8.10. The van der Waals surface area contributed by atoms with Gasteiger partial charge in [-0.25, -0.2) is 0 Å². The summed E-state index contributed by atoms with van der Waals surface area (Å²) >= 11 is 0. The molecule has 64 valence electrons. The standard InChI is InChI=1S/C10H18O/c1-2-6-9-7-4-3-5-8-10(9)11/h2,9-11H,1,3-8H2/t9-,10+/m1/s1. The number of rotatable bonds is 2. The summed E-state index contributed by atoms with van der Waals surface area (Å²) < 4.78 is 0. The zero-order valence-electron chi connectivity index (χ0n) is 7.13. The van der Waals surface area contributed by atoms with Crippen LogP contribution in [0.4, 0.5) is 0 Å². The van der Waals surface area contributed by atoms with E-state index in [9.17, 15) is 5.11 Å². The Kier molecular flexibility index (Phi) is 3.64. The second-order valence-electron chi connectivity index (χ2n) is 3.49. The summed E-state index contributed by atoms with van der Waals surface area (Å²) in [6.07, 6.45) is 8.83. The first-order valence-corrected chi connectivity index (χ1v) is 4.63. The van der Waals surface area contributed by atoms with Crippen molar-refractivity contribution in [1.82, 2.24) is 0 Å². The monoisotopic (exact) mass is 154 g/mol. The first kappa shape index (κ1) is 8.79. The largest absolute Gasteiger partial charge is 0.393 e. The van der Waals surface area contributed by atoms with Crippen LogP contribution < -0.4 is 0 Å². The zero-order valence-corrected chi connectivity index (χ0v) is 7.13. The average molecular weight is 154 g/mol. The van der Waals surface area contributed by atoms with Crippen LogP contribution in [0.5, 0.6) is 0 Å². The predicted molar refractivity (Wildman–Crippen MR) is 47.4 cm³/mol. The second kappa shape index (κ2) is 4.55. The van der Waals surface area contributed by atoms with Crippen molar-refractivity contribution in [2.75, 3.05) is 0 Å². The molecule has 11 heavy (non-hydrogen) atoms. The van der Waals surface area contributed by atoms with Gasteiger partial charge in [0.1, 0.15) is 0 Å². The molecule has 0 bridgehead atoms. The Hall–Kier alpha value is -0.300. The third-order valence-electron chi connectivity index (χ3n) is 2.59. The molecule has 1 fully saturated rings. The molecule has 1 heteroatoms. The van der Waals surface area contributed by atoms with Crippen molar-refractivity contribution >= 4 is 0 Å². The van der Waals surface area contributed by atoms with Crippen LogP contribution in [0.2, 0.25) is 0 Å². The Labute approximate surface area is 69.1 Å². The first-order valence-electron chi connectivity index (χ1n) is 4.63. The van der Waals surface area contributed by atoms with Crippen LogP contribution in [0.25, 0.3) is 0 Å². The Balaban J connectivity index is 2.38. The summed E-state index contributed by atoms with van der Waals surface area (Å²) in [5.41, 5.74) is 0. The number of aliphatic hydroxyl groups is 1. The molecule has 1 saturated carbocycles. The molecule has 0 amide bonds. The normalized spacial score (nSPS) is 32.8. The van der Waals surface area contributed by atoms with Gasteiger partial charge >= 0.3 is 0 Å². The molecule has 2 atom stereocenters. The maximum Gasteiger partial charge on any atom is 0.0571 e. The highest BCUT2D eigenvalue weighted by atomic mass is 16.3. The molecule has 1 rings (SSSR count). The minimum atomic E-state index is -0.0597. The highest BCUT2D eigenvalue weighted by Gasteiger charge is 2.19. The molecular weight excluding hydrogens is 136 g/mol. The van der Waals surface area contributed by atoms with Gasteiger partial charge in [-0.3, -0.25) is 0 Å². The fourth-order valence-electron chi connectivity index (χ4n) is 1.85. The van der Waals surface area contributed by atoms with Crippen molar-refractivity contribution in [3.05, 3.63) is 12.7 Å². The van der Waals surface area contributed by atoms with Gasteiger partial charge in [-0.2, -0.15) is 0 Å². The van der Waals surface area contributed by atoms with Crippen LogP contribution >= 0.6 is 0 Å². The van der Waals surface area contributed by atoms with E-state index in [1.54, 1.807) is 0 Å². The van der Waals surface area contributed by atoms with Gasteiger partial charge in [0.05, 0.1) is 6.10 Å². The lowest BCUT2D eigenvalue weighted by Crippen LogP contribution is -2.17. The van der Waals surface area contributed by atoms with E-state index >= 15 is 0 Å². The molecule has 1 N–H and O–H groups in total. The molecule has 0 unspecified atom stereocenters. The molecule has 1 aliphatic rings. The van der Waals surface area contributed by atoms with Crippen LogP contribution in [0.3, 0.4) is 0 Å². The van der Waals surface area contributed by atoms with Crippen LogP contribution in [-0.4, -0.2) is 11.2 Å². The van der Waals surface area contributed by atoms with Gasteiger partial charge in [-0.05, 0) is 25.2 Å². The molecular formula is C10H18O. The van der Waals surface area contributed by atoms with Crippen molar-refractivity contribution in [2.24, 2.45) is 5.92 Å². The minimum absolute atomic E-state index is 0.0597. The molecule has 0 aromatic heterocycles. The molecule has 1 aliphatic carbocycles. The van der Waals surface area contributed by atoms with Crippen molar-refractivity contribution in [3.63, 3.8) is 0 Å². The van der Waals surface area contributed by atoms with Crippen molar-refractivity contribution in [1.29, 1.82) is 0 Å². The molecule has 0 radical (unpaired) electrons. The van der Waals surface area contributed by atoms with Gasteiger partial charge < -0.3 is 5.11 Å². The molecule has 1 nitrogen and oxygen atoms in total. The fraction of sp³-hybridized carbons (Fsp3) is 0.800. The number of hydrogen-bond acceptors (Lipinski definition) is 1. The smallest absolute Gasteiger partial charge is 0.0571 e. The van der Waals surface area contributed by atoms with E-state index in [0.29, 0.717) is 5.92 Å². The molecule has 0 aliphatic heterocycles. The molecule has 0 saturated heterocycles. The van der Waals surface area contributed by atoms with E-state index in [0.717, 1.165) is 12.8 Å². The number of hydrogen-bond donors (Lipinski definition) is 1. The van der Waals surface area contributed by atoms with Gasteiger partial charge in [-0.15, -0.1) is 6.58 Å². The number of allylic oxidation sites excluding steroid dienone is 1. The van der Waals surface area contributed by atoms with Crippen LogP contribution in [0.15, 0.2) is 12.7 Å². The van der Waals surface area contributed by atoms with Gasteiger partial charge in [0.2, 0.25) is 0 Å². The number of aliphatic hydroxyl groups excluding tert-OH is 1. The molecule has 0 spiro atoms. The summed E-state index contributed by atoms with van der Waals surface area (Å²) in [6.45, 7) is 3.71. The summed E-state index contributed by atoms with van der Waals surface area (Å²) in [6, 6.07) is 0. The minimum Gasteiger partial charge on any atom is -0.393 e. The quantitative estimate of drug-likeness (QED) is 0.478. The van der Waals surface area contributed by atoms with Crippen LogP contribution in [0, 0.1) is 5.92 Å². The first-order chi connectivity index (χ1) is 5.34. The molecule has 0 aromatic rings. The van der Waals surface area contributed by atoms with Gasteiger partial charge in [0.15, 0.2) is 0 Å². The van der Waals surface area contributed by atoms with Crippen molar-refractivity contribution in [3.8, 4) is 0 Å². The van der Waals surface area contributed by atoms with E-state index in [2.05, 4.69) is 6.58 Å². The Morgan fingerprint density at radius 1 is 1.27 bits per heavy atom. The van der Waals surface area contributed by atoms with Crippen molar-refractivity contribution in [2.45, 2.75) is 44.6 Å². The highest BCUT2D eigenvalue weighted by Crippen LogP contribution is 2.25. The van der Waals surface area contributed by atoms with Crippen LogP contribution in [-0.2, 0) is 0 Å². The second-order valence-corrected chi connectivity index (χ2v) is 3.49. The van der Waals surface area contributed by atoms with Gasteiger partial charge in [0, 0.05) is 0 Å². The Bertz CT molecular complexity index is 120. The highest BCUT2D eigenvalue weighted by molar-refractivity contribution is 4.79. The topological polar surface area (TPSA) is 20.2 Å². The summed E-state index contributed by atoms with van der Waals surface area (Å²) in [4.78, 5) is 0. The van der Waals surface area contributed by atoms with E-state index in [1.807, 2.05) is 6.08 Å². The summed E-state index contributed by atoms with van der Waals surface area (Å²) in [7, 11) is 0. The van der Waals surface area contributed by atoms with Gasteiger partial charge in [0.25, 0.3) is 0 Å². The summed E-state index contributed by atoms with van der Waals surface area (Å²) in [5.74, 6) is 0.495. The Morgan fingerprint density at radius 2 is 2.00 bits per heavy atom. The lowest BCUT2D eigenvalue weighted by Gasteiger charge is -2.17. The lowest BCUT2D eigenvalue weighted by molar-refractivity contribution is 0.102. The Morgan fingerprint density at radius 3 is 2.73 bits per heavy atom. The summed E-state index contributed by atoms with van der Waals surface area (Å²) in [5, 5.41) is 9.63. The maximum atomic E-state index is 9.63. The van der Waals surface area contributed by atoms with E-state index in [4.69, 9.17) is 0 Å². The third-order valence-corrected chi connectivity index (χ3v) is 2.59. The SMILES string of the molecule is C=CC[C@@H]1CCCCC[C@@H]1O. The lowest BCUT2D eigenvalue weighted by atomic mass is 9.94. The third kappa shape index (κ3) is 2.66. The van der Waals surface area contributed by atoms with E-state index in [-0.39, 0.29) is 6.10 Å². The van der Waals surface area contributed by atoms with E-state index < -0.39 is 0 Å². The van der Waals surface area contributed by atoms with Gasteiger partial charge in [-0.1, -0.05) is 25.3 Å². The van der Waals surface area contributed by atoms with Crippen LogP contribution in [0.1, 0.15) is 38.5 Å².